The van der Waals surface area contributed by atoms with Crippen molar-refractivity contribution in [3.8, 4) is 5.75 Å². The summed E-state index contributed by atoms with van der Waals surface area (Å²) in [4.78, 5) is 11.7. The molecule has 0 bridgehead atoms. The van der Waals surface area contributed by atoms with Crippen LogP contribution in [0.15, 0.2) is 28.7 Å². The molecule has 7 heteroatoms. The maximum absolute atomic E-state index is 11.7. The quantitative estimate of drug-likeness (QED) is 0.478. The van der Waals surface area contributed by atoms with Gasteiger partial charge in [0.25, 0.3) is 0 Å². The van der Waals surface area contributed by atoms with E-state index in [1.165, 1.54) is 0 Å². The first kappa shape index (κ1) is 17.9. The molecule has 1 rings (SSSR count). The zero-order chi connectivity index (χ0) is 15.7. The molecule has 0 atom stereocenters. The fourth-order valence-electron chi connectivity index (χ4n) is 1.58. The highest BCUT2D eigenvalue weighted by molar-refractivity contribution is 9.10. The number of amides is 1. The van der Waals surface area contributed by atoms with Gasteiger partial charge in [-0.1, -0.05) is 15.9 Å². The van der Waals surface area contributed by atoms with Gasteiger partial charge in [-0.15, -0.1) is 0 Å². The zero-order valence-corrected chi connectivity index (χ0v) is 13.2. The highest BCUT2D eigenvalue weighted by atomic mass is 79.9. The molecule has 1 aromatic rings. The largest absolute Gasteiger partial charge is 0.494 e. The second-order valence-corrected chi connectivity index (χ2v) is 5.62. The first-order chi connectivity index (χ1) is 10.0. The highest BCUT2D eigenvalue weighted by Crippen LogP contribution is 2.16. The molecule has 0 aliphatic heterocycles. The highest BCUT2D eigenvalue weighted by Gasteiger charge is 2.29. The average molecular weight is 362 g/mol. The van der Waals surface area contributed by atoms with E-state index in [-0.39, 0.29) is 12.3 Å². The summed E-state index contributed by atoms with van der Waals surface area (Å²) in [5.74, 6) is 0.362. The molecule has 0 radical (unpaired) electrons. The SMILES string of the molecule is O=C(CCCOc1ccc(Br)cc1)NC(CO)(CO)CO. The number of aliphatic hydroxyl groups excluding tert-OH is 3. The molecule has 1 amide bonds. The monoisotopic (exact) mass is 361 g/mol. The Bertz CT molecular complexity index is 425. The standard InChI is InChI=1S/C14H20BrNO5/c15-11-3-5-12(6-4-11)21-7-1-2-13(20)16-14(8-17,9-18)10-19/h3-6,17-19H,1-2,7-10H2,(H,16,20). The minimum Gasteiger partial charge on any atom is -0.494 e. The second-order valence-electron chi connectivity index (χ2n) is 4.71. The lowest BCUT2D eigenvalue weighted by Gasteiger charge is -2.28. The van der Waals surface area contributed by atoms with Gasteiger partial charge in [-0.25, -0.2) is 0 Å². The van der Waals surface area contributed by atoms with Crippen molar-refractivity contribution in [3.63, 3.8) is 0 Å². The van der Waals surface area contributed by atoms with E-state index in [9.17, 15) is 4.79 Å². The third-order valence-electron chi connectivity index (χ3n) is 2.94. The van der Waals surface area contributed by atoms with Gasteiger partial charge in [0, 0.05) is 10.9 Å². The van der Waals surface area contributed by atoms with Crippen LogP contribution in [0.1, 0.15) is 12.8 Å². The molecule has 6 nitrogen and oxygen atoms in total. The number of aliphatic hydroxyl groups is 3. The summed E-state index contributed by atoms with van der Waals surface area (Å²) in [6.45, 7) is -1.21. The van der Waals surface area contributed by atoms with Crippen LogP contribution in [0.3, 0.4) is 0 Å². The average Bonchev–Trinajstić information content (AvgIpc) is 2.51. The molecule has 0 aromatic heterocycles. The first-order valence-electron chi connectivity index (χ1n) is 6.57. The van der Waals surface area contributed by atoms with Crippen LogP contribution in [0.5, 0.6) is 5.75 Å². The van der Waals surface area contributed by atoms with E-state index in [4.69, 9.17) is 20.1 Å². The zero-order valence-electron chi connectivity index (χ0n) is 11.6. The van der Waals surface area contributed by atoms with Gasteiger partial charge in [0.2, 0.25) is 5.91 Å². The van der Waals surface area contributed by atoms with Crippen molar-refractivity contribution in [1.82, 2.24) is 5.32 Å². The van der Waals surface area contributed by atoms with Crippen LogP contribution in [0, 0.1) is 0 Å². The first-order valence-corrected chi connectivity index (χ1v) is 7.36. The summed E-state index contributed by atoms with van der Waals surface area (Å²) in [5, 5.41) is 29.7. The van der Waals surface area contributed by atoms with Gasteiger partial charge < -0.3 is 25.4 Å². The van der Waals surface area contributed by atoms with E-state index in [1.54, 1.807) is 0 Å². The van der Waals surface area contributed by atoms with Crippen molar-refractivity contribution in [2.45, 2.75) is 18.4 Å². The topological polar surface area (TPSA) is 99.0 Å². The van der Waals surface area contributed by atoms with Crippen LogP contribution in [0.2, 0.25) is 0 Å². The van der Waals surface area contributed by atoms with Gasteiger partial charge in [-0.2, -0.15) is 0 Å². The van der Waals surface area contributed by atoms with E-state index in [2.05, 4.69) is 21.2 Å². The third-order valence-corrected chi connectivity index (χ3v) is 3.47. The van der Waals surface area contributed by atoms with Crippen LogP contribution in [0.25, 0.3) is 0 Å². The van der Waals surface area contributed by atoms with Gasteiger partial charge in [-0.3, -0.25) is 4.79 Å². The molecule has 21 heavy (non-hydrogen) atoms. The number of hydrogen-bond donors (Lipinski definition) is 4. The molecule has 4 N–H and O–H groups in total. The number of benzene rings is 1. The smallest absolute Gasteiger partial charge is 0.220 e. The van der Waals surface area contributed by atoms with Crippen molar-refractivity contribution >= 4 is 21.8 Å². The van der Waals surface area contributed by atoms with Crippen LogP contribution in [-0.4, -0.2) is 53.2 Å². The fraction of sp³-hybridized carbons (Fsp3) is 0.500. The molecule has 0 aliphatic rings. The Morgan fingerprint density at radius 1 is 1.14 bits per heavy atom. The maximum Gasteiger partial charge on any atom is 0.220 e. The molecule has 0 heterocycles. The molecular weight excluding hydrogens is 342 g/mol. The normalized spacial score (nSPS) is 11.2. The summed E-state index contributed by atoms with van der Waals surface area (Å²) in [5.41, 5.74) is -1.37. The summed E-state index contributed by atoms with van der Waals surface area (Å²) < 4.78 is 6.43. The van der Waals surface area contributed by atoms with E-state index in [0.29, 0.717) is 18.8 Å². The maximum atomic E-state index is 11.7. The number of nitrogens with one attached hydrogen (secondary N) is 1. The van der Waals surface area contributed by atoms with Gasteiger partial charge >= 0.3 is 0 Å². The second kappa shape index (κ2) is 8.99. The van der Waals surface area contributed by atoms with Gasteiger partial charge in [0.1, 0.15) is 11.3 Å². The molecule has 0 fully saturated rings. The number of carbonyl (C=O) groups excluding carboxylic acids is 1. The summed E-state index contributed by atoms with van der Waals surface area (Å²) >= 11 is 3.32. The number of carbonyl (C=O) groups is 1. The van der Waals surface area contributed by atoms with Crippen LogP contribution < -0.4 is 10.1 Å². The molecule has 0 unspecified atom stereocenters. The number of halogens is 1. The molecule has 0 saturated heterocycles. The lowest BCUT2D eigenvalue weighted by atomic mass is 10.0. The van der Waals surface area contributed by atoms with Crippen molar-refractivity contribution in [3.05, 3.63) is 28.7 Å². The number of hydrogen-bond acceptors (Lipinski definition) is 5. The van der Waals surface area contributed by atoms with Crippen LogP contribution in [0.4, 0.5) is 0 Å². The minimum absolute atomic E-state index is 0.179. The number of rotatable bonds is 9. The Balaban J connectivity index is 2.28. The van der Waals surface area contributed by atoms with E-state index in [0.717, 1.165) is 4.47 Å². The van der Waals surface area contributed by atoms with Crippen molar-refractivity contribution in [2.75, 3.05) is 26.4 Å². The van der Waals surface area contributed by atoms with Crippen molar-refractivity contribution in [1.29, 1.82) is 0 Å². The molecule has 0 saturated carbocycles. The van der Waals surface area contributed by atoms with E-state index in [1.807, 2.05) is 24.3 Å². The summed E-state index contributed by atoms with van der Waals surface area (Å²) in [6.07, 6.45) is 0.665. The predicted octanol–water partition coefficient (Wildman–Crippen LogP) is 0.440. The van der Waals surface area contributed by atoms with Crippen LogP contribution >= 0.6 is 15.9 Å². The molecule has 0 aliphatic carbocycles. The van der Waals surface area contributed by atoms with Gasteiger partial charge in [0.15, 0.2) is 0 Å². The Morgan fingerprint density at radius 3 is 2.24 bits per heavy atom. The third kappa shape index (κ3) is 6.01. The molecular formula is C14H20BrNO5. The molecule has 118 valence electrons. The fourth-order valence-corrected chi connectivity index (χ4v) is 1.84. The Morgan fingerprint density at radius 2 is 1.71 bits per heavy atom. The Kier molecular flexibility index (Phi) is 7.66. The van der Waals surface area contributed by atoms with Crippen molar-refractivity contribution in [2.24, 2.45) is 0 Å². The predicted molar refractivity (Wildman–Crippen MR) is 81.0 cm³/mol. The summed E-state index contributed by atoms with van der Waals surface area (Å²) in [7, 11) is 0. The molecule has 0 spiro atoms. The van der Waals surface area contributed by atoms with Crippen molar-refractivity contribution < 1.29 is 24.9 Å². The van der Waals surface area contributed by atoms with Gasteiger partial charge in [0.05, 0.1) is 26.4 Å². The van der Waals surface area contributed by atoms with Crippen LogP contribution in [-0.2, 0) is 4.79 Å². The lowest BCUT2D eigenvalue weighted by Crippen LogP contribution is -2.57. The summed E-state index contributed by atoms with van der Waals surface area (Å²) in [6, 6.07) is 7.36. The van der Waals surface area contributed by atoms with E-state index < -0.39 is 25.4 Å². The van der Waals surface area contributed by atoms with Gasteiger partial charge in [-0.05, 0) is 30.7 Å². The van der Waals surface area contributed by atoms with E-state index >= 15 is 0 Å². The Hall–Kier alpha value is -1.15. The minimum atomic E-state index is -1.37. The molecule has 1 aromatic carbocycles. The number of ether oxygens (including phenoxy) is 1. The Labute approximate surface area is 131 Å². The lowest BCUT2D eigenvalue weighted by molar-refractivity contribution is -0.125.